The molecule has 0 aliphatic rings. The maximum Gasteiger partial charge on any atom is 0.175 e. The van der Waals surface area contributed by atoms with E-state index in [9.17, 15) is 4.21 Å². The molecule has 0 aromatic heterocycles. The van der Waals surface area contributed by atoms with Gasteiger partial charge in [0.05, 0.1) is 18.2 Å². The quantitative estimate of drug-likeness (QED) is 0.685. The number of rotatable bonds is 9. The SMILES string of the molecule is CCOc1c(Br)cc(CNCCCS(C)=O)cc1OC. The van der Waals surface area contributed by atoms with Gasteiger partial charge in [0.25, 0.3) is 0 Å². The van der Waals surface area contributed by atoms with Crippen molar-refractivity contribution in [3.05, 3.63) is 22.2 Å². The van der Waals surface area contributed by atoms with Gasteiger partial charge in [0.15, 0.2) is 11.5 Å². The lowest BCUT2D eigenvalue weighted by atomic mass is 10.2. The summed E-state index contributed by atoms with van der Waals surface area (Å²) in [6.45, 7) is 4.14. The molecule has 114 valence electrons. The Morgan fingerprint density at radius 1 is 1.40 bits per heavy atom. The van der Waals surface area contributed by atoms with Crippen LogP contribution in [0.3, 0.4) is 0 Å². The molecule has 0 bridgehead atoms. The van der Waals surface area contributed by atoms with Crippen LogP contribution in [-0.2, 0) is 17.3 Å². The Balaban J connectivity index is 2.58. The van der Waals surface area contributed by atoms with E-state index in [1.807, 2.05) is 19.1 Å². The van der Waals surface area contributed by atoms with Crippen LogP contribution < -0.4 is 14.8 Å². The smallest absolute Gasteiger partial charge is 0.175 e. The Kier molecular flexibility index (Phi) is 8.18. The molecule has 1 aromatic carbocycles. The molecule has 20 heavy (non-hydrogen) atoms. The van der Waals surface area contributed by atoms with Crippen LogP contribution in [0.5, 0.6) is 11.5 Å². The van der Waals surface area contributed by atoms with Gasteiger partial charge in [0, 0.05) is 29.4 Å². The second-order valence-corrected chi connectivity index (χ2v) is 6.76. The molecule has 0 aliphatic carbocycles. The van der Waals surface area contributed by atoms with Gasteiger partial charge < -0.3 is 14.8 Å². The van der Waals surface area contributed by atoms with E-state index in [0.29, 0.717) is 6.61 Å². The highest BCUT2D eigenvalue weighted by atomic mass is 79.9. The molecular formula is C14H22BrNO3S. The van der Waals surface area contributed by atoms with Crippen molar-refractivity contribution in [2.24, 2.45) is 0 Å². The summed E-state index contributed by atoms with van der Waals surface area (Å²) in [7, 11) is 0.925. The monoisotopic (exact) mass is 363 g/mol. The van der Waals surface area contributed by atoms with Crippen molar-refractivity contribution in [1.82, 2.24) is 5.32 Å². The van der Waals surface area contributed by atoms with Gasteiger partial charge in [-0.3, -0.25) is 4.21 Å². The third kappa shape index (κ3) is 5.81. The number of ether oxygens (including phenoxy) is 2. The largest absolute Gasteiger partial charge is 0.493 e. The lowest BCUT2D eigenvalue weighted by Crippen LogP contribution is -2.16. The summed E-state index contributed by atoms with van der Waals surface area (Å²) >= 11 is 3.51. The molecule has 0 heterocycles. The molecule has 0 saturated carbocycles. The molecule has 0 saturated heterocycles. The van der Waals surface area contributed by atoms with Crippen LogP contribution in [0.1, 0.15) is 18.9 Å². The fourth-order valence-electron chi connectivity index (χ4n) is 1.79. The predicted octanol–water partition coefficient (Wildman–Crippen LogP) is 2.71. The third-order valence-corrected chi connectivity index (χ3v) is 4.15. The van der Waals surface area contributed by atoms with E-state index in [2.05, 4.69) is 21.2 Å². The van der Waals surface area contributed by atoms with E-state index in [0.717, 1.165) is 46.8 Å². The zero-order chi connectivity index (χ0) is 15.0. The topological polar surface area (TPSA) is 47.6 Å². The number of nitrogens with one attached hydrogen (secondary N) is 1. The van der Waals surface area contributed by atoms with Crippen LogP contribution in [0.2, 0.25) is 0 Å². The molecule has 0 fully saturated rings. The molecule has 0 amide bonds. The minimum absolute atomic E-state index is 0.598. The highest BCUT2D eigenvalue weighted by Gasteiger charge is 2.10. The van der Waals surface area contributed by atoms with Crippen LogP contribution in [0.25, 0.3) is 0 Å². The molecule has 1 atom stereocenters. The second kappa shape index (κ2) is 9.37. The van der Waals surface area contributed by atoms with Crippen molar-refractivity contribution in [2.45, 2.75) is 19.9 Å². The maximum absolute atomic E-state index is 11.0. The highest BCUT2D eigenvalue weighted by Crippen LogP contribution is 2.36. The van der Waals surface area contributed by atoms with Gasteiger partial charge in [0.2, 0.25) is 0 Å². The van der Waals surface area contributed by atoms with Gasteiger partial charge in [0.1, 0.15) is 0 Å². The van der Waals surface area contributed by atoms with Crippen LogP contribution in [-0.4, -0.2) is 36.5 Å². The summed E-state index contributed by atoms with van der Waals surface area (Å²) in [5.41, 5.74) is 1.12. The molecule has 4 nitrogen and oxygen atoms in total. The number of hydrogen-bond acceptors (Lipinski definition) is 4. The zero-order valence-corrected chi connectivity index (χ0v) is 14.6. The number of benzene rings is 1. The third-order valence-electron chi connectivity index (χ3n) is 2.69. The Morgan fingerprint density at radius 2 is 2.15 bits per heavy atom. The lowest BCUT2D eigenvalue weighted by molar-refractivity contribution is 0.308. The minimum atomic E-state index is -0.712. The Hall–Kier alpha value is -0.590. The molecular weight excluding hydrogens is 342 g/mol. The molecule has 1 aromatic rings. The first-order chi connectivity index (χ1) is 9.58. The summed E-state index contributed by atoms with van der Waals surface area (Å²) in [5.74, 6) is 2.20. The first-order valence-corrected chi connectivity index (χ1v) is 9.10. The maximum atomic E-state index is 11.0. The fourth-order valence-corrected chi connectivity index (χ4v) is 2.95. The Labute approximate surface area is 131 Å². The highest BCUT2D eigenvalue weighted by molar-refractivity contribution is 9.10. The van der Waals surface area contributed by atoms with Crippen molar-refractivity contribution >= 4 is 26.7 Å². The van der Waals surface area contributed by atoms with E-state index in [-0.39, 0.29) is 0 Å². The molecule has 1 rings (SSSR count). The van der Waals surface area contributed by atoms with E-state index >= 15 is 0 Å². The minimum Gasteiger partial charge on any atom is -0.493 e. The standard InChI is InChI=1S/C14H22BrNO3S/c1-4-19-14-12(15)8-11(9-13(14)18-2)10-16-6-5-7-20(3)17/h8-9,16H,4-7,10H2,1-3H3. The zero-order valence-electron chi connectivity index (χ0n) is 12.2. The van der Waals surface area contributed by atoms with Gasteiger partial charge in [-0.2, -0.15) is 0 Å². The number of halogens is 1. The van der Waals surface area contributed by atoms with E-state index in [4.69, 9.17) is 9.47 Å². The van der Waals surface area contributed by atoms with E-state index in [1.165, 1.54) is 0 Å². The summed E-state index contributed by atoms with van der Waals surface area (Å²) < 4.78 is 22.8. The predicted molar refractivity (Wildman–Crippen MR) is 87.1 cm³/mol. The summed E-state index contributed by atoms with van der Waals surface area (Å²) in [5, 5.41) is 3.34. The average Bonchev–Trinajstić information content (AvgIpc) is 2.40. The van der Waals surface area contributed by atoms with Crippen LogP contribution >= 0.6 is 15.9 Å². The lowest BCUT2D eigenvalue weighted by Gasteiger charge is -2.13. The Bertz CT molecular complexity index is 454. The van der Waals surface area contributed by atoms with Gasteiger partial charge in [-0.1, -0.05) is 0 Å². The molecule has 1 unspecified atom stereocenters. The summed E-state index contributed by atoms with van der Waals surface area (Å²) in [4.78, 5) is 0. The van der Waals surface area contributed by atoms with Gasteiger partial charge in [-0.15, -0.1) is 0 Å². The molecule has 0 spiro atoms. The molecule has 0 radical (unpaired) electrons. The molecule has 6 heteroatoms. The van der Waals surface area contributed by atoms with Crippen molar-refractivity contribution in [1.29, 1.82) is 0 Å². The van der Waals surface area contributed by atoms with Crippen molar-refractivity contribution < 1.29 is 13.7 Å². The van der Waals surface area contributed by atoms with Crippen LogP contribution in [0, 0.1) is 0 Å². The fraction of sp³-hybridized carbons (Fsp3) is 0.571. The van der Waals surface area contributed by atoms with Crippen LogP contribution in [0.4, 0.5) is 0 Å². The average molecular weight is 364 g/mol. The van der Waals surface area contributed by atoms with Gasteiger partial charge >= 0.3 is 0 Å². The first kappa shape index (κ1) is 17.5. The molecule has 1 N–H and O–H groups in total. The van der Waals surface area contributed by atoms with E-state index in [1.54, 1.807) is 13.4 Å². The number of methoxy groups -OCH3 is 1. The van der Waals surface area contributed by atoms with Gasteiger partial charge in [-0.05, 0) is 53.5 Å². The number of hydrogen-bond donors (Lipinski definition) is 1. The molecule has 0 aliphatic heterocycles. The Morgan fingerprint density at radius 3 is 2.75 bits per heavy atom. The van der Waals surface area contributed by atoms with Crippen LogP contribution in [0.15, 0.2) is 16.6 Å². The van der Waals surface area contributed by atoms with Crippen molar-refractivity contribution in [3.63, 3.8) is 0 Å². The normalized spacial score (nSPS) is 12.2. The summed E-state index contributed by atoms with van der Waals surface area (Å²) in [6.07, 6.45) is 2.65. The first-order valence-electron chi connectivity index (χ1n) is 6.58. The second-order valence-electron chi connectivity index (χ2n) is 4.35. The van der Waals surface area contributed by atoms with E-state index < -0.39 is 10.8 Å². The summed E-state index contributed by atoms with van der Waals surface area (Å²) in [6, 6.07) is 4.00. The van der Waals surface area contributed by atoms with Crippen molar-refractivity contribution in [3.8, 4) is 11.5 Å². The van der Waals surface area contributed by atoms with Crippen molar-refractivity contribution in [2.75, 3.05) is 32.3 Å². The van der Waals surface area contributed by atoms with Gasteiger partial charge in [-0.25, -0.2) is 0 Å².